The van der Waals surface area contributed by atoms with Crippen LogP contribution in [0.3, 0.4) is 0 Å². The summed E-state index contributed by atoms with van der Waals surface area (Å²) in [5.41, 5.74) is 0. The second-order valence-electron chi connectivity index (χ2n) is 5.19. The summed E-state index contributed by atoms with van der Waals surface area (Å²) < 4.78 is 10.2. The van der Waals surface area contributed by atoms with Crippen LogP contribution in [0, 0.1) is 0 Å². The second kappa shape index (κ2) is 9.28. The molecule has 1 heterocycles. The molecule has 1 fully saturated rings. The van der Waals surface area contributed by atoms with Crippen LogP contribution in [0.4, 0.5) is 0 Å². The molecule has 5 heteroatoms. The first kappa shape index (κ1) is 16.4. The van der Waals surface area contributed by atoms with Crippen molar-refractivity contribution in [1.29, 1.82) is 0 Å². The van der Waals surface area contributed by atoms with E-state index < -0.39 is 0 Å². The van der Waals surface area contributed by atoms with Gasteiger partial charge in [-0.25, -0.2) is 0 Å². The molecule has 0 bridgehead atoms. The van der Waals surface area contributed by atoms with E-state index in [-0.39, 0.29) is 5.91 Å². The van der Waals surface area contributed by atoms with Gasteiger partial charge in [-0.15, -0.1) is 0 Å². The molecule has 0 aromatic rings. The van der Waals surface area contributed by atoms with Gasteiger partial charge in [0, 0.05) is 39.9 Å². The topological polar surface area (TPSA) is 42.0 Å². The predicted molar refractivity (Wildman–Crippen MR) is 75.2 cm³/mol. The molecule has 5 nitrogen and oxygen atoms in total. The molecule has 1 aliphatic rings. The van der Waals surface area contributed by atoms with Crippen LogP contribution in [0.2, 0.25) is 0 Å². The van der Waals surface area contributed by atoms with E-state index in [1.54, 1.807) is 14.2 Å². The first-order chi connectivity index (χ1) is 9.19. The Labute approximate surface area is 116 Å². The zero-order valence-electron chi connectivity index (χ0n) is 12.6. The van der Waals surface area contributed by atoms with Gasteiger partial charge in [0.25, 0.3) is 0 Å². The normalized spacial score (nSPS) is 20.0. The summed E-state index contributed by atoms with van der Waals surface area (Å²) in [6.45, 7) is 6.35. The number of methoxy groups -OCH3 is 2. The van der Waals surface area contributed by atoms with Crippen LogP contribution in [0.5, 0.6) is 0 Å². The van der Waals surface area contributed by atoms with Crippen molar-refractivity contribution in [3.8, 4) is 0 Å². The van der Waals surface area contributed by atoms with Crippen LogP contribution in [-0.4, -0.2) is 75.4 Å². The third-order valence-electron chi connectivity index (χ3n) is 3.71. The lowest BCUT2D eigenvalue weighted by atomic mass is 10.0. The molecule has 1 amide bonds. The molecule has 0 aliphatic carbocycles. The molecular formula is C14H28N2O3. The molecule has 1 atom stereocenters. The number of nitrogens with zero attached hydrogens (tertiary/aromatic N) is 2. The summed E-state index contributed by atoms with van der Waals surface area (Å²) in [7, 11) is 3.37. The Morgan fingerprint density at radius 2 is 1.84 bits per heavy atom. The van der Waals surface area contributed by atoms with Crippen molar-refractivity contribution < 1.29 is 14.3 Å². The fourth-order valence-corrected chi connectivity index (χ4v) is 2.46. The summed E-state index contributed by atoms with van der Waals surface area (Å²) in [4.78, 5) is 16.5. The van der Waals surface area contributed by atoms with Crippen molar-refractivity contribution in [2.45, 2.75) is 32.2 Å². The minimum atomic E-state index is 0.236. The Bertz CT molecular complexity index is 253. The summed E-state index contributed by atoms with van der Waals surface area (Å²) >= 11 is 0. The van der Waals surface area contributed by atoms with Crippen molar-refractivity contribution in [2.24, 2.45) is 0 Å². The Balaban J connectivity index is 2.43. The Hall–Kier alpha value is -0.650. The van der Waals surface area contributed by atoms with Crippen molar-refractivity contribution in [2.75, 3.05) is 53.6 Å². The molecule has 1 aliphatic heterocycles. The van der Waals surface area contributed by atoms with Gasteiger partial charge >= 0.3 is 0 Å². The monoisotopic (exact) mass is 272 g/mol. The van der Waals surface area contributed by atoms with Gasteiger partial charge in [-0.2, -0.15) is 0 Å². The van der Waals surface area contributed by atoms with Crippen LogP contribution >= 0.6 is 0 Å². The van der Waals surface area contributed by atoms with Crippen molar-refractivity contribution in [3.63, 3.8) is 0 Å². The minimum Gasteiger partial charge on any atom is -0.383 e. The second-order valence-corrected chi connectivity index (χ2v) is 5.19. The lowest BCUT2D eigenvalue weighted by Gasteiger charge is -2.35. The molecule has 0 aromatic carbocycles. The van der Waals surface area contributed by atoms with Gasteiger partial charge in [-0.1, -0.05) is 0 Å². The molecule has 0 saturated carbocycles. The van der Waals surface area contributed by atoms with E-state index >= 15 is 0 Å². The first-order valence-corrected chi connectivity index (χ1v) is 7.18. The molecule has 1 rings (SSSR count). The lowest BCUT2D eigenvalue weighted by Crippen LogP contribution is -2.47. The molecule has 0 unspecified atom stereocenters. The highest BCUT2D eigenvalue weighted by Crippen LogP contribution is 2.16. The quantitative estimate of drug-likeness (QED) is 0.660. The average Bonchev–Trinajstić information content (AvgIpc) is 2.42. The molecular weight excluding hydrogens is 244 g/mol. The standard InChI is InChI=1S/C14H28N2O3/c1-13-6-4-5-7-16(13)14(17)12-15(8-10-18-2)9-11-19-3/h13H,4-12H2,1-3H3/t13-/m1/s1. The van der Waals surface area contributed by atoms with Crippen LogP contribution in [-0.2, 0) is 14.3 Å². The van der Waals surface area contributed by atoms with Gasteiger partial charge < -0.3 is 14.4 Å². The fraction of sp³-hybridized carbons (Fsp3) is 0.929. The third-order valence-corrected chi connectivity index (χ3v) is 3.71. The first-order valence-electron chi connectivity index (χ1n) is 7.18. The fourth-order valence-electron chi connectivity index (χ4n) is 2.46. The summed E-state index contributed by atoms with van der Waals surface area (Å²) in [6.07, 6.45) is 3.50. The van der Waals surface area contributed by atoms with E-state index in [1.807, 2.05) is 4.90 Å². The van der Waals surface area contributed by atoms with E-state index in [2.05, 4.69) is 11.8 Å². The molecule has 112 valence electrons. The van der Waals surface area contributed by atoms with E-state index in [9.17, 15) is 4.79 Å². The molecule has 0 radical (unpaired) electrons. The van der Waals surface area contributed by atoms with Crippen LogP contribution in [0.25, 0.3) is 0 Å². The third kappa shape index (κ3) is 5.89. The number of carbonyl (C=O) groups excluding carboxylic acids is 1. The van der Waals surface area contributed by atoms with Gasteiger partial charge in [-0.3, -0.25) is 9.69 Å². The van der Waals surface area contributed by atoms with Gasteiger partial charge in [0.05, 0.1) is 19.8 Å². The number of hydrogen-bond acceptors (Lipinski definition) is 4. The number of likely N-dealkylation sites (tertiary alicyclic amines) is 1. The van der Waals surface area contributed by atoms with Gasteiger partial charge in [0.2, 0.25) is 5.91 Å². The zero-order chi connectivity index (χ0) is 14.1. The number of carbonyl (C=O) groups is 1. The number of rotatable bonds is 8. The highest BCUT2D eigenvalue weighted by molar-refractivity contribution is 5.78. The summed E-state index contributed by atoms with van der Waals surface area (Å²) in [6, 6.07) is 0.382. The molecule has 0 spiro atoms. The van der Waals surface area contributed by atoms with Crippen molar-refractivity contribution >= 4 is 5.91 Å². The Kier molecular flexibility index (Phi) is 8.02. The van der Waals surface area contributed by atoms with Crippen LogP contribution in [0.1, 0.15) is 26.2 Å². The average molecular weight is 272 g/mol. The van der Waals surface area contributed by atoms with Crippen LogP contribution in [0.15, 0.2) is 0 Å². The Morgan fingerprint density at radius 1 is 1.21 bits per heavy atom. The van der Waals surface area contributed by atoms with E-state index in [0.29, 0.717) is 25.8 Å². The SMILES string of the molecule is COCCN(CCOC)CC(=O)N1CCCC[C@H]1C. The maximum atomic E-state index is 12.3. The lowest BCUT2D eigenvalue weighted by molar-refractivity contribution is -0.135. The maximum absolute atomic E-state index is 12.3. The smallest absolute Gasteiger partial charge is 0.236 e. The minimum absolute atomic E-state index is 0.236. The van der Waals surface area contributed by atoms with E-state index in [1.165, 1.54) is 6.42 Å². The molecule has 19 heavy (non-hydrogen) atoms. The van der Waals surface area contributed by atoms with Crippen molar-refractivity contribution in [1.82, 2.24) is 9.80 Å². The van der Waals surface area contributed by atoms with Crippen molar-refractivity contribution in [3.05, 3.63) is 0 Å². The molecule has 1 saturated heterocycles. The van der Waals surface area contributed by atoms with E-state index in [0.717, 1.165) is 32.5 Å². The Morgan fingerprint density at radius 3 is 2.37 bits per heavy atom. The highest BCUT2D eigenvalue weighted by atomic mass is 16.5. The van der Waals surface area contributed by atoms with Gasteiger partial charge in [0.1, 0.15) is 0 Å². The highest BCUT2D eigenvalue weighted by Gasteiger charge is 2.24. The molecule has 0 N–H and O–H groups in total. The predicted octanol–water partition coefficient (Wildman–Crippen LogP) is 0.982. The maximum Gasteiger partial charge on any atom is 0.236 e. The van der Waals surface area contributed by atoms with Crippen LogP contribution < -0.4 is 0 Å². The number of amides is 1. The van der Waals surface area contributed by atoms with E-state index in [4.69, 9.17) is 9.47 Å². The molecule has 0 aromatic heterocycles. The van der Waals surface area contributed by atoms with Gasteiger partial charge in [-0.05, 0) is 26.2 Å². The number of piperidine rings is 1. The largest absolute Gasteiger partial charge is 0.383 e. The number of ether oxygens (including phenoxy) is 2. The number of hydrogen-bond donors (Lipinski definition) is 0. The summed E-state index contributed by atoms with van der Waals surface area (Å²) in [5, 5.41) is 0. The van der Waals surface area contributed by atoms with Gasteiger partial charge in [0.15, 0.2) is 0 Å². The zero-order valence-corrected chi connectivity index (χ0v) is 12.6. The summed E-state index contributed by atoms with van der Waals surface area (Å²) in [5.74, 6) is 0.236.